The molecule has 4 N–H and O–H groups in total. The first kappa shape index (κ1) is 19.6. The Morgan fingerprint density at radius 3 is 1.18 bits per heavy atom. The molecule has 0 saturated heterocycles. The van der Waals surface area contributed by atoms with E-state index in [1.807, 2.05) is 0 Å². The van der Waals surface area contributed by atoms with Crippen LogP contribution >= 0.6 is 15.6 Å². The predicted molar refractivity (Wildman–Crippen MR) is 26.3 cm³/mol. The number of hydrogen-bond donors (Lipinski definition) is 4. The topological polar surface area (TPSA) is 124 Å². The van der Waals surface area contributed by atoms with Crippen molar-refractivity contribution in [2.75, 3.05) is 0 Å². The van der Waals surface area contributed by atoms with Gasteiger partial charge in [0.15, 0.2) is 0 Å². The van der Waals surface area contributed by atoms with Crippen molar-refractivity contribution in [3.63, 3.8) is 0 Å². The molecule has 0 aliphatic rings. The average molecular weight is 307 g/mol. The van der Waals surface area contributed by atoms with Crippen LogP contribution in [0.15, 0.2) is 0 Å². The van der Waals surface area contributed by atoms with Crippen molar-refractivity contribution in [1.29, 1.82) is 0 Å². The van der Waals surface area contributed by atoms with Crippen molar-refractivity contribution in [3.05, 3.63) is 0 Å². The van der Waals surface area contributed by atoms with Gasteiger partial charge in [0.2, 0.25) is 0 Å². The van der Waals surface area contributed by atoms with E-state index in [0.717, 1.165) is 0 Å². The summed E-state index contributed by atoms with van der Waals surface area (Å²) in [6, 6.07) is 0. The number of hydrogen-bond acceptors (Lipinski definition) is 3. The van der Waals surface area contributed by atoms with Crippen molar-refractivity contribution < 1.29 is 119 Å². The van der Waals surface area contributed by atoms with Gasteiger partial charge in [0, 0.05) is 32.7 Å². The summed E-state index contributed by atoms with van der Waals surface area (Å²) in [6.07, 6.45) is 0. The van der Waals surface area contributed by atoms with Gasteiger partial charge in [-0.1, -0.05) is 0 Å². The molecule has 0 aromatic carbocycles. The van der Waals surface area contributed by atoms with Crippen LogP contribution in [0, 0.1) is 0 Å². The Hall–Kier alpha value is 3.00. The third-order valence-corrected chi connectivity index (χ3v) is 1.91. The van der Waals surface area contributed by atoms with Gasteiger partial charge in [-0.25, -0.2) is 9.13 Å². The van der Waals surface area contributed by atoms with E-state index in [1.165, 1.54) is 0 Å². The number of rotatable bonds is 2. The Bertz CT molecular complexity index is 162. The van der Waals surface area contributed by atoms with Crippen LogP contribution in [-0.4, -0.2) is 19.6 Å². The van der Waals surface area contributed by atoms with E-state index < -0.39 is 15.6 Å². The molecule has 0 rings (SSSR count). The number of phosphoric acid groups is 2. The molecule has 0 spiro atoms. The van der Waals surface area contributed by atoms with Crippen molar-refractivity contribution >= 4 is 15.6 Å². The molecule has 0 aliphatic carbocycles. The minimum atomic E-state index is -5.05. The zero-order chi connectivity index (χ0) is 7.71. The fourth-order valence-corrected chi connectivity index (χ4v) is 1.25. The standard InChI is InChI=1S/K.H4O7P2.Y.H/c;1-8(2,3)7-9(4,5)6;;/h;(H2,1,2,3)(H2,4,5,6);;/q+1;;;-1. The Morgan fingerprint density at radius 2 is 1.18 bits per heavy atom. The van der Waals surface area contributed by atoms with Gasteiger partial charge in [0.05, 0.1) is 0 Å². The normalized spacial score (nSPS) is 11.3. The van der Waals surface area contributed by atoms with Crippen LogP contribution in [-0.2, 0) is 46.1 Å². The second-order valence-electron chi connectivity index (χ2n) is 1.06. The molecule has 0 heterocycles. The summed E-state index contributed by atoms with van der Waals surface area (Å²) >= 11 is 0. The molecule has 0 amide bonds. The SMILES string of the molecule is O=P(O)(O)OP(=O)(O)O.[H-].[K+].[Y]. The Kier molecular flexibility index (Phi) is 13.0. The predicted octanol–water partition coefficient (Wildman–Crippen LogP) is -3.70. The molecule has 0 aliphatic heterocycles. The molecule has 0 bridgehead atoms. The molecule has 0 fully saturated rings. The fourth-order valence-electron chi connectivity index (χ4n) is 0.139. The van der Waals surface area contributed by atoms with Gasteiger partial charge in [0.25, 0.3) is 0 Å². The summed E-state index contributed by atoms with van der Waals surface area (Å²) in [7, 11) is -10.1. The van der Waals surface area contributed by atoms with Crippen molar-refractivity contribution in [2.24, 2.45) is 0 Å². The summed E-state index contributed by atoms with van der Waals surface area (Å²) in [4.78, 5) is 31.0. The van der Waals surface area contributed by atoms with Gasteiger partial charge in [-0.3, -0.25) is 0 Å². The maximum absolute atomic E-state index is 9.63. The molecule has 11 heavy (non-hydrogen) atoms. The van der Waals surface area contributed by atoms with Crippen LogP contribution in [0.2, 0.25) is 0 Å². The van der Waals surface area contributed by atoms with Crippen LogP contribution in [0.3, 0.4) is 0 Å². The molecule has 7 nitrogen and oxygen atoms in total. The van der Waals surface area contributed by atoms with Gasteiger partial charge in [-0.2, -0.15) is 4.31 Å². The van der Waals surface area contributed by atoms with E-state index in [1.54, 1.807) is 0 Å². The second kappa shape index (κ2) is 7.31. The molecule has 0 unspecified atom stereocenters. The summed E-state index contributed by atoms with van der Waals surface area (Å²) < 4.78 is 22.2. The zero-order valence-corrected chi connectivity index (χ0v) is 13.2. The van der Waals surface area contributed by atoms with E-state index in [-0.39, 0.29) is 85.5 Å². The summed E-state index contributed by atoms with van der Waals surface area (Å²) in [5, 5.41) is 0. The average Bonchev–Trinajstić information content (AvgIpc) is 1.14. The van der Waals surface area contributed by atoms with E-state index in [4.69, 9.17) is 19.6 Å². The van der Waals surface area contributed by atoms with E-state index >= 15 is 0 Å². The molecule has 0 aromatic rings. The van der Waals surface area contributed by atoms with Crippen molar-refractivity contribution in [3.8, 4) is 0 Å². The van der Waals surface area contributed by atoms with Gasteiger partial charge >= 0.3 is 67.0 Å². The Labute approximate surface area is 132 Å². The van der Waals surface area contributed by atoms with E-state index in [9.17, 15) is 9.13 Å². The largest absolute Gasteiger partial charge is 1.00 e. The molecule has 61 valence electrons. The van der Waals surface area contributed by atoms with Crippen molar-refractivity contribution in [2.45, 2.75) is 0 Å². The molecular formula is H5KO7P2Y. The summed E-state index contributed by atoms with van der Waals surface area (Å²) in [6.45, 7) is 0. The maximum Gasteiger partial charge on any atom is 1.00 e. The van der Waals surface area contributed by atoms with Crippen LogP contribution in [0.25, 0.3) is 0 Å². The van der Waals surface area contributed by atoms with Gasteiger partial charge in [-0.05, 0) is 0 Å². The van der Waals surface area contributed by atoms with Crippen LogP contribution in [0.4, 0.5) is 0 Å². The molecule has 11 heteroatoms. The van der Waals surface area contributed by atoms with E-state index in [0.29, 0.717) is 0 Å². The van der Waals surface area contributed by atoms with Gasteiger partial charge in [-0.15, -0.1) is 0 Å². The van der Waals surface area contributed by atoms with Crippen LogP contribution < -0.4 is 51.4 Å². The summed E-state index contributed by atoms with van der Waals surface area (Å²) in [5.41, 5.74) is 0. The zero-order valence-electron chi connectivity index (χ0n) is 6.49. The minimum Gasteiger partial charge on any atom is -1.00 e. The first-order valence-electron chi connectivity index (χ1n) is 1.53. The molecule has 0 aromatic heterocycles. The van der Waals surface area contributed by atoms with Gasteiger partial charge < -0.3 is 21.0 Å². The summed E-state index contributed by atoms with van der Waals surface area (Å²) in [5.74, 6) is 0. The van der Waals surface area contributed by atoms with Gasteiger partial charge in [0.1, 0.15) is 0 Å². The van der Waals surface area contributed by atoms with E-state index in [2.05, 4.69) is 4.31 Å². The Morgan fingerprint density at radius 1 is 1.00 bits per heavy atom. The Balaban J connectivity index is -0.000000107. The molecular weight excluding hydrogens is 302 g/mol. The monoisotopic (exact) mass is 307 g/mol. The smallest absolute Gasteiger partial charge is 1.00 e. The molecule has 0 atom stereocenters. The molecule has 1 radical (unpaired) electrons. The first-order valence-corrected chi connectivity index (χ1v) is 4.59. The minimum absolute atomic E-state index is 0. The quantitative estimate of drug-likeness (QED) is 0.306. The van der Waals surface area contributed by atoms with Crippen LogP contribution in [0.1, 0.15) is 1.43 Å². The van der Waals surface area contributed by atoms with Crippen LogP contribution in [0.5, 0.6) is 0 Å². The van der Waals surface area contributed by atoms with Crippen molar-refractivity contribution in [1.82, 2.24) is 0 Å². The fraction of sp³-hybridized carbons (Fsp3) is 0. The first-order chi connectivity index (χ1) is 3.71. The molecule has 0 saturated carbocycles. The second-order valence-corrected chi connectivity index (χ2v) is 3.68. The third kappa shape index (κ3) is 19.4. The third-order valence-electron chi connectivity index (χ3n) is 0.213. The maximum atomic E-state index is 9.63.